The number of methoxy groups -OCH3 is 1. The van der Waals surface area contributed by atoms with Crippen molar-refractivity contribution in [3.63, 3.8) is 0 Å². The van der Waals surface area contributed by atoms with E-state index in [1.807, 2.05) is 0 Å². The third kappa shape index (κ3) is 2.42. The number of ether oxygens (including phenoxy) is 1. The molecule has 0 aromatic rings. The molecule has 0 aromatic heterocycles. The predicted octanol–water partition coefficient (Wildman–Crippen LogP) is 0.822. The molecular weight excluding hydrogens is 174 g/mol. The van der Waals surface area contributed by atoms with Gasteiger partial charge in [0.05, 0.1) is 18.9 Å². The molecule has 0 bridgehead atoms. The van der Waals surface area contributed by atoms with Crippen molar-refractivity contribution >= 4 is 11.9 Å². The van der Waals surface area contributed by atoms with Crippen LogP contribution in [0.2, 0.25) is 0 Å². The first-order valence-electron chi connectivity index (χ1n) is 3.97. The molecule has 0 aliphatic heterocycles. The first-order chi connectivity index (χ1) is 5.66. The van der Waals surface area contributed by atoms with Crippen molar-refractivity contribution in [3.8, 4) is 0 Å². The second-order valence-corrected chi connectivity index (χ2v) is 3.01. The number of esters is 1. The van der Waals surface area contributed by atoms with Crippen LogP contribution in [0.4, 0.5) is 0 Å². The van der Waals surface area contributed by atoms with Gasteiger partial charge in [-0.05, 0) is 12.8 Å². The third-order valence-electron chi connectivity index (χ3n) is 2.34. The Balaban J connectivity index is 0.00000144. The van der Waals surface area contributed by atoms with Crippen molar-refractivity contribution in [2.24, 2.45) is 11.8 Å². The zero-order chi connectivity index (χ0) is 9.14. The molecule has 1 fully saturated rings. The molecule has 0 aromatic carbocycles. The summed E-state index contributed by atoms with van der Waals surface area (Å²) in [5.41, 5.74) is 0. The highest BCUT2D eigenvalue weighted by atomic mass is 16.5. The second kappa shape index (κ2) is 4.81. The first-order valence-corrected chi connectivity index (χ1v) is 3.97. The third-order valence-corrected chi connectivity index (χ3v) is 2.34. The van der Waals surface area contributed by atoms with E-state index in [0.717, 1.165) is 6.42 Å². The summed E-state index contributed by atoms with van der Waals surface area (Å²) in [4.78, 5) is 21.7. The van der Waals surface area contributed by atoms with Crippen LogP contribution in [0.25, 0.3) is 0 Å². The fraction of sp³-hybridized carbons (Fsp3) is 0.750. The molecule has 4 N–H and O–H groups in total. The van der Waals surface area contributed by atoms with E-state index in [1.54, 1.807) is 0 Å². The Kier molecular flexibility index (Phi) is 4.40. The summed E-state index contributed by atoms with van der Waals surface area (Å²) < 4.78 is 4.51. The number of hydrogen-bond acceptors (Lipinski definition) is 4. The maximum Gasteiger partial charge on any atom is 0.309 e. The van der Waals surface area contributed by atoms with Crippen LogP contribution in [0, 0.1) is 11.8 Å². The van der Waals surface area contributed by atoms with Gasteiger partial charge in [-0.1, -0.05) is 6.42 Å². The molecule has 5 heteroatoms. The van der Waals surface area contributed by atoms with Crippen LogP contribution in [0.3, 0.4) is 0 Å². The predicted molar refractivity (Wildman–Crippen MR) is 45.5 cm³/mol. The Morgan fingerprint density at radius 2 is 1.85 bits per heavy atom. The number of carboxylic acids is 1. The van der Waals surface area contributed by atoms with Crippen LogP contribution in [0.1, 0.15) is 19.3 Å². The summed E-state index contributed by atoms with van der Waals surface area (Å²) in [6.45, 7) is 0. The summed E-state index contributed by atoms with van der Waals surface area (Å²) in [5, 5.41) is 8.72. The van der Waals surface area contributed by atoms with Crippen molar-refractivity contribution in [1.29, 1.82) is 0 Å². The Bertz CT molecular complexity index is 204. The molecule has 76 valence electrons. The first kappa shape index (κ1) is 11.9. The SMILES string of the molecule is COC(=O)[C@H]1CCC[C@H]1C(=O)O.N. The van der Waals surface area contributed by atoms with Gasteiger partial charge in [-0.3, -0.25) is 9.59 Å². The van der Waals surface area contributed by atoms with Gasteiger partial charge in [0.1, 0.15) is 0 Å². The zero-order valence-corrected chi connectivity index (χ0v) is 7.66. The number of carbonyl (C=O) groups is 2. The molecule has 1 saturated carbocycles. The van der Waals surface area contributed by atoms with Crippen LogP contribution < -0.4 is 6.15 Å². The summed E-state index contributed by atoms with van der Waals surface area (Å²) in [7, 11) is 1.29. The fourth-order valence-corrected chi connectivity index (χ4v) is 1.69. The van der Waals surface area contributed by atoms with Gasteiger partial charge in [0, 0.05) is 0 Å². The average Bonchev–Trinajstić information content (AvgIpc) is 2.50. The number of rotatable bonds is 2. The van der Waals surface area contributed by atoms with E-state index in [2.05, 4.69) is 4.74 Å². The molecule has 1 aliphatic carbocycles. The van der Waals surface area contributed by atoms with Gasteiger partial charge in [0.15, 0.2) is 0 Å². The minimum atomic E-state index is -0.886. The van der Waals surface area contributed by atoms with Crippen LogP contribution in [-0.4, -0.2) is 24.2 Å². The topological polar surface area (TPSA) is 98.6 Å². The molecule has 0 unspecified atom stereocenters. The average molecular weight is 189 g/mol. The highest BCUT2D eigenvalue weighted by Crippen LogP contribution is 2.32. The van der Waals surface area contributed by atoms with Crippen molar-refractivity contribution in [3.05, 3.63) is 0 Å². The molecule has 1 rings (SSSR count). The minimum absolute atomic E-state index is 0. The lowest BCUT2D eigenvalue weighted by atomic mass is 9.97. The summed E-state index contributed by atoms with van der Waals surface area (Å²) in [5.74, 6) is -2.23. The number of hydrogen-bond donors (Lipinski definition) is 2. The van der Waals surface area contributed by atoms with Crippen molar-refractivity contribution in [1.82, 2.24) is 6.15 Å². The fourth-order valence-electron chi connectivity index (χ4n) is 1.69. The van der Waals surface area contributed by atoms with Crippen LogP contribution >= 0.6 is 0 Å². The number of aliphatic carboxylic acids is 1. The van der Waals surface area contributed by atoms with Gasteiger partial charge in [-0.15, -0.1) is 0 Å². The van der Waals surface area contributed by atoms with Gasteiger partial charge in [0.25, 0.3) is 0 Å². The Hall–Kier alpha value is -1.10. The lowest BCUT2D eigenvalue weighted by Crippen LogP contribution is -2.26. The van der Waals surface area contributed by atoms with E-state index in [1.165, 1.54) is 7.11 Å². The Morgan fingerprint density at radius 1 is 1.31 bits per heavy atom. The Morgan fingerprint density at radius 3 is 2.31 bits per heavy atom. The molecule has 0 heterocycles. The lowest BCUT2D eigenvalue weighted by molar-refractivity contribution is -0.154. The second-order valence-electron chi connectivity index (χ2n) is 3.01. The van der Waals surface area contributed by atoms with Gasteiger partial charge in [0.2, 0.25) is 0 Å². The Labute approximate surface area is 76.7 Å². The molecule has 0 radical (unpaired) electrons. The van der Waals surface area contributed by atoms with Crippen LogP contribution in [0.15, 0.2) is 0 Å². The highest BCUT2D eigenvalue weighted by Gasteiger charge is 2.38. The molecule has 0 spiro atoms. The van der Waals surface area contributed by atoms with Crippen molar-refractivity contribution < 1.29 is 19.4 Å². The summed E-state index contributed by atoms with van der Waals surface area (Å²) >= 11 is 0. The van der Waals surface area contributed by atoms with E-state index in [4.69, 9.17) is 5.11 Å². The zero-order valence-electron chi connectivity index (χ0n) is 7.66. The van der Waals surface area contributed by atoms with Gasteiger partial charge < -0.3 is 16.0 Å². The standard InChI is InChI=1S/C8H12O4.H3N/c1-12-8(11)6-4-2-3-5(6)7(9)10;/h5-6H,2-4H2,1H3,(H,9,10);1H3/t5-,6+;/m1./s1. The van der Waals surface area contributed by atoms with E-state index in [-0.39, 0.29) is 12.1 Å². The summed E-state index contributed by atoms with van der Waals surface area (Å²) in [6, 6.07) is 0. The van der Waals surface area contributed by atoms with E-state index in [0.29, 0.717) is 12.8 Å². The molecule has 13 heavy (non-hydrogen) atoms. The quantitative estimate of drug-likeness (QED) is 0.626. The van der Waals surface area contributed by atoms with Gasteiger partial charge in [-0.25, -0.2) is 0 Å². The van der Waals surface area contributed by atoms with E-state index < -0.39 is 17.8 Å². The smallest absolute Gasteiger partial charge is 0.309 e. The maximum atomic E-state index is 11.0. The monoisotopic (exact) mass is 189 g/mol. The molecular formula is C8H15NO4. The largest absolute Gasteiger partial charge is 0.481 e. The maximum absolute atomic E-state index is 11.0. The van der Waals surface area contributed by atoms with Gasteiger partial charge >= 0.3 is 11.9 Å². The lowest BCUT2D eigenvalue weighted by Gasteiger charge is -2.12. The van der Waals surface area contributed by atoms with Crippen molar-refractivity contribution in [2.45, 2.75) is 19.3 Å². The molecule has 5 nitrogen and oxygen atoms in total. The number of carbonyl (C=O) groups excluding carboxylic acids is 1. The van der Waals surface area contributed by atoms with E-state index in [9.17, 15) is 9.59 Å². The molecule has 0 saturated heterocycles. The van der Waals surface area contributed by atoms with Crippen molar-refractivity contribution in [2.75, 3.05) is 7.11 Å². The van der Waals surface area contributed by atoms with Gasteiger partial charge in [-0.2, -0.15) is 0 Å². The van der Waals surface area contributed by atoms with Crippen LogP contribution in [0.5, 0.6) is 0 Å². The van der Waals surface area contributed by atoms with Crippen LogP contribution in [-0.2, 0) is 14.3 Å². The number of carboxylic acid groups (broad SMARTS) is 1. The molecule has 1 aliphatic rings. The molecule has 0 amide bonds. The normalized spacial score (nSPS) is 26.2. The molecule has 2 atom stereocenters. The van der Waals surface area contributed by atoms with E-state index >= 15 is 0 Å². The minimum Gasteiger partial charge on any atom is -0.481 e. The highest BCUT2D eigenvalue weighted by molar-refractivity contribution is 5.81. The summed E-state index contributed by atoms with van der Waals surface area (Å²) in [6.07, 6.45) is 2.04.